The van der Waals surface area contributed by atoms with Crippen LogP contribution in [0.5, 0.6) is 0 Å². The number of allylic oxidation sites excluding steroid dienone is 1. The zero-order chi connectivity index (χ0) is 29.5. The lowest BCUT2D eigenvalue weighted by atomic mass is 9.94. The molecule has 6 rings (SSSR count). The quantitative estimate of drug-likeness (QED) is 0.254. The van der Waals surface area contributed by atoms with Crippen LogP contribution in [0, 0.1) is 6.92 Å². The monoisotopic (exact) mass is 594 g/mol. The number of thiazole rings is 1. The highest BCUT2D eigenvalue weighted by Gasteiger charge is 2.34. The third-order valence-corrected chi connectivity index (χ3v) is 9.14. The molecule has 1 aliphatic rings. The molecule has 1 aliphatic heterocycles. The fourth-order valence-corrected chi connectivity index (χ4v) is 6.89. The van der Waals surface area contributed by atoms with Crippen LogP contribution in [-0.2, 0) is 4.79 Å². The molecule has 0 aliphatic carbocycles. The Morgan fingerprint density at radius 3 is 2.43 bits per heavy atom. The number of H-pyrrole nitrogens is 1. The van der Waals surface area contributed by atoms with E-state index in [-0.39, 0.29) is 11.5 Å². The summed E-state index contributed by atoms with van der Waals surface area (Å²) in [6.45, 7) is 8.97. The number of benzene rings is 3. The van der Waals surface area contributed by atoms with Gasteiger partial charge in [0.1, 0.15) is 0 Å². The summed E-state index contributed by atoms with van der Waals surface area (Å²) in [5.41, 5.74) is 6.86. The van der Waals surface area contributed by atoms with Crippen LogP contribution >= 0.6 is 22.9 Å². The summed E-state index contributed by atoms with van der Waals surface area (Å²) in [5.74, 6) is -0.117. The number of carbonyl (C=O) groups is 1. The van der Waals surface area contributed by atoms with Gasteiger partial charge in [-0.3, -0.25) is 14.2 Å². The Hall–Kier alpha value is -4.20. The number of amides is 1. The van der Waals surface area contributed by atoms with E-state index < -0.39 is 6.04 Å². The number of rotatable bonds is 6. The maximum Gasteiger partial charge on any atom is 0.271 e. The maximum atomic E-state index is 14.3. The van der Waals surface area contributed by atoms with E-state index in [1.807, 2.05) is 63.2 Å². The molecule has 212 valence electrons. The topological polar surface area (TPSA) is 70.5 Å². The number of aromatic nitrogens is 2. The predicted molar refractivity (Wildman–Crippen MR) is 172 cm³/mol. The molecule has 0 radical (unpaired) electrons. The van der Waals surface area contributed by atoms with Gasteiger partial charge in [0.25, 0.3) is 11.5 Å². The van der Waals surface area contributed by atoms with Crippen molar-refractivity contribution in [1.29, 1.82) is 0 Å². The van der Waals surface area contributed by atoms with Gasteiger partial charge in [0.2, 0.25) is 0 Å². The van der Waals surface area contributed by atoms with Crippen molar-refractivity contribution in [3.8, 4) is 11.3 Å². The van der Waals surface area contributed by atoms with Gasteiger partial charge in [0, 0.05) is 34.6 Å². The molecule has 0 spiro atoms. The zero-order valence-electron chi connectivity index (χ0n) is 23.9. The Kier molecular flexibility index (Phi) is 7.47. The number of carbonyl (C=O) groups excluding carboxylic acids is 1. The molecule has 3 aromatic carbocycles. The first-order valence-corrected chi connectivity index (χ1v) is 15.3. The summed E-state index contributed by atoms with van der Waals surface area (Å²) < 4.78 is 2.22. The Morgan fingerprint density at radius 1 is 1.02 bits per heavy atom. The van der Waals surface area contributed by atoms with Crippen LogP contribution in [0.4, 0.5) is 0 Å². The number of nitrogens with zero attached hydrogens (tertiary/aromatic N) is 3. The third-order valence-electron chi connectivity index (χ3n) is 7.91. The summed E-state index contributed by atoms with van der Waals surface area (Å²) in [5, 5.41) is 1.63. The van der Waals surface area contributed by atoms with Crippen molar-refractivity contribution < 1.29 is 4.79 Å². The van der Waals surface area contributed by atoms with Crippen LogP contribution in [0.2, 0.25) is 5.02 Å². The van der Waals surface area contributed by atoms with E-state index in [0.717, 1.165) is 38.9 Å². The zero-order valence-corrected chi connectivity index (χ0v) is 25.5. The smallest absolute Gasteiger partial charge is 0.271 e. The first kappa shape index (κ1) is 27.9. The predicted octanol–water partition coefficient (Wildman–Crippen LogP) is 6.21. The van der Waals surface area contributed by atoms with Gasteiger partial charge in [-0.1, -0.05) is 83.6 Å². The fourth-order valence-electron chi connectivity index (χ4n) is 5.74. The van der Waals surface area contributed by atoms with Crippen molar-refractivity contribution in [3.05, 3.63) is 125 Å². The second-order valence-electron chi connectivity index (χ2n) is 10.4. The van der Waals surface area contributed by atoms with E-state index in [4.69, 9.17) is 16.6 Å². The average molecular weight is 595 g/mol. The largest absolute Gasteiger partial charge is 0.354 e. The molecule has 2 aromatic heterocycles. The van der Waals surface area contributed by atoms with Gasteiger partial charge in [0.15, 0.2) is 4.80 Å². The average Bonchev–Trinajstić information content (AvgIpc) is 3.52. The van der Waals surface area contributed by atoms with Gasteiger partial charge in [-0.2, -0.15) is 0 Å². The molecule has 0 saturated heterocycles. The molecule has 42 heavy (non-hydrogen) atoms. The van der Waals surface area contributed by atoms with E-state index in [0.29, 0.717) is 38.7 Å². The fraction of sp³-hybridized carbons (Fsp3) is 0.206. The lowest BCUT2D eigenvalue weighted by Gasteiger charge is -2.29. The standard InChI is InChI=1S/C34H31ClN4O2S/c1-5-38(6-2)33(41)28-21(4)36-34-39(31(28)23-15-17-24(35)18-16-23)32(40)27(42-34)19-26-25-14-10-11-20(3)29(25)37-30(26)22-12-8-7-9-13-22/h7-19,31,37H,5-6H2,1-4H3/b27-19+/t31-/m0/s1. The molecule has 1 N–H and O–H groups in total. The van der Waals surface area contributed by atoms with E-state index in [1.165, 1.54) is 11.3 Å². The summed E-state index contributed by atoms with van der Waals surface area (Å²) >= 11 is 7.58. The van der Waals surface area contributed by atoms with Crippen molar-refractivity contribution in [1.82, 2.24) is 14.5 Å². The lowest BCUT2D eigenvalue weighted by Crippen LogP contribution is -2.43. The molecular formula is C34H31ClN4O2S. The van der Waals surface area contributed by atoms with Crippen molar-refractivity contribution in [2.24, 2.45) is 4.99 Å². The van der Waals surface area contributed by atoms with E-state index in [1.54, 1.807) is 21.6 Å². The number of hydrogen-bond donors (Lipinski definition) is 1. The van der Waals surface area contributed by atoms with E-state index >= 15 is 0 Å². The molecule has 0 unspecified atom stereocenters. The van der Waals surface area contributed by atoms with Crippen LogP contribution in [0.3, 0.4) is 0 Å². The third kappa shape index (κ3) is 4.72. The molecule has 8 heteroatoms. The van der Waals surface area contributed by atoms with Gasteiger partial charge >= 0.3 is 0 Å². The minimum absolute atomic E-state index is 0.117. The molecule has 0 fully saturated rings. The van der Waals surface area contributed by atoms with Crippen molar-refractivity contribution in [3.63, 3.8) is 0 Å². The molecule has 0 saturated carbocycles. The van der Waals surface area contributed by atoms with Gasteiger partial charge in [-0.05, 0) is 62.6 Å². The highest BCUT2D eigenvalue weighted by Crippen LogP contribution is 2.34. The first-order chi connectivity index (χ1) is 20.3. The minimum atomic E-state index is -0.618. The SMILES string of the molecule is CCN(CC)C(=O)C1=C(C)N=c2s/c(=C/c3c(-c4ccccc4)[nH]c4c(C)cccc34)c(=O)n2[C@H]1c1ccc(Cl)cc1. The summed E-state index contributed by atoms with van der Waals surface area (Å²) in [6.07, 6.45) is 1.97. The first-order valence-electron chi connectivity index (χ1n) is 14.1. The number of nitrogens with one attached hydrogen (secondary N) is 1. The highest BCUT2D eigenvalue weighted by molar-refractivity contribution is 7.07. The normalized spacial score (nSPS) is 15.2. The van der Waals surface area contributed by atoms with Gasteiger partial charge < -0.3 is 9.88 Å². The molecule has 1 atom stereocenters. The minimum Gasteiger partial charge on any atom is -0.354 e. The maximum absolute atomic E-state index is 14.3. The Labute approximate surface area is 252 Å². The van der Waals surface area contributed by atoms with Crippen molar-refractivity contribution in [2.45, 2.75) is 33.7 Å². The van der Waals surface area contributed by atoms with Crippen LogP contribution in [0.25, 0.3) is 28.2 Å². The lowest BCUT2D eigenvalue weighted by molar-refractivity contribution is -0.127. The van der Waals surface area contributed by atoms with Crippen LogP contribution < -0.4 is 14.9 Å². The second kappa shape index (κ2) is 11.2. The Morgan fingerprint density at radius 2 is 1.74 bits per heavy atom. The number of halogens is 1. The Bertz CT molecular complexity index is 2030. The number of hydrogen-bond acceptors (Lipinski definition) is 4. The van der Waals surface area contributed by atoms with Crippen LogP contribution in [-0.4, -0.2) is 33.4 Å². The molecule has 6 nitrogen and oxygen atoms in total. The number of fused-ring (bicyclic) bond motifs is 2. The van der Waals surface area contributed by atoms with Gasteiger partial charge in [-0.25, -0.2) is 4.99 Å². The van der Waals surface area contributed by atoms with Gasteiger partial charge in [0.05, 0.1) is 27.5 Å². The number of aryl methyl sites for hydroxylation is 1. The molecule has 3 heterocycles. The number of likely N-dealkylation sites (N-methyl/N-ethyl adjacent to an activating group) is 1. The molecule has 5 aromatic rings. The van der Waals surface area contributed by atoms with Crippen molar-refractivity contribution in [2.75, 3.05) is 13.1 Å². The van der Waals surface area contributed by atoms with Gasteiger partial charge in [-0.15, -0.1) is 0 Å². The summed E-state index contributed by atoms with van der Waals surface area (Å²) in [4.78, 5) is 38.9. The van der Waals surface area contributed by atoms with Crippen LogP contribution in [0.15, 0.2) is 93.9 Å². The van der Waals surface area contributed by atoms with Crippen molar-refractivity contribution >= 4 is 45.8 Å². The number of para-hydroxylation sites is 1. The van der Waals surface area contributed by atoms with E-state index in [9.17, 15) is 9.59 Å². The molecular weight excluding hydrogens is 564 g/mol. The molecule has 0 bridgehead atoms. The number of aromatic amines is 1. The summed E-state index contributed by atoms with van der Waals surface area (Å²) in [7, 11) is 0. The Balaban J connectivity index is 1.61. The highest BCUT2D eigenvalue weighted by atomic mass is 35.5. The summed E-state index contributed by atoms with van der Waals surface area (Å²) in [6, 6.07) is 23.1. The molecule has 1 amide bonds. The second-order valence-corrected chi connectivity index (χ2v) is 11.8. The van der Waals surface area contributed by atoms with Crippen LogP contribution in [0.1, 0.15) is 43.5 Å². The van der Waals surface area contributed by atoms with E-state index in [2.05, 4.69) is 36.2 Å².